The van der Waals surface area contributed by atoms with Gasteiger partial charge in [0, 0.05) is 0 Å². The molecule has 0 N–H and O–H groups in total. The van der Waals surface area contributed by atoms with E-state index in [2.05, 4.69) is 31.9 Å². The van der Waals surface area contributed by atoms with Gasteiger partial charge in [-0.3, -0.25) is 0 Å². The molecule has 0 aliphatic carbocycles. The quantitative estimate of drug-likeness (QED) is 0.449. The Hall–Kier alpha value is -0.191. The van der Waals surface area contributed by atoms with Crippen LogP contribution < -0.4 is 8.55 Å². The van der Waals surface area contributed by atoms with E-state index in [1.54, 1.807) is 0 Å². The molecular formula is C18H34N2OSn. The van der Waals surface area contributed by atoms with Crippen LogP contribution in [-0.2, 0) is 0 Å². The third kappa shape index (κ3) is 6.51. The summed E-state index contributed by atoms with van der Waals surface area (Å²) in [6, 6.07) is 2.21. The minimum atomic E-state index is -0.733. The number of aromatic nitrogens is 2. The van der Waals surface area contributed by atoms with Crippen LogP contribution in [0.5, 0.6) is 0 Å². The molecule has 22 heavy (non-hydrogen) atoms. The van der Waals surface area contributed by atoms with Gasteiger partial charge in [0.25, 0.3) is 0 Å². The predicted octanol–water partition coefficient (Wildman–Crippen LogP) is 4.39. The summed E-state index contributed by atoms with van der Waals surface area (Å²) in [6.45, 7) is 9.69. The Morgan fingerprint density at radius 2 is 1.55 bits per heavy atom. The number of rotatable bonds is 13. The first-order valence-corrected chi connectivity index (χ1v) is 12.0. The molecule has 0 atom stereocenters. The van der Waals surface area contributed by atoms with Crippen molar-refractivity contribution in [3.63, 3.8) is 0 Å². The van der Waals surface area contributed by atoms with E-state index in [4.69, 9.17) is 4.84 Å². The van der Waals surface area contributed by atoms with Gasteiger partial charge >= 0.3 is 147 Å². The van der Waals surface area contributed by atoms with E-state index >= 15 is 0 Å². The van der Waals surface area contributed by atoms with Crippen molar-refractivity contribution in [3.05, 3.63) is 12.3 Å². The molecular weight excluding hydrogens is 379 g/mol. The predicted molar refractivity (Wildman–Crippen MR) is 96.0 cm³/mol. The Kier molecular flexibility index (Phi) is 10.3. The maximum atomic E-state index is 5.68. The van der Waals surface area contributed by atoms with Gasteiger partial charge in [-0.05, 0) is 0 Å². The van der Waals surface area contributed by atoms with Crippen LogP contribution in [0.1, 0.15) is 85.5 Å². The third-order valence-corrected chi connectivity index (χ3v) is 9.69. The van der Waals surface area contributed by atoms with Gasteiger partial charge in [-0.1, -0.05) is 0 Å². The molecule has 0 aliphatic rings. The summed E-state index contributed by atoms with van der Waals surface area (Å²) < 4.78 is 2.01. The zero-order valence-corrected chi connectivity index (χ0v) is 17.9. The van der Waals surface area contributed by atoms with Crippen molar-refractivity contribution in [2.24, 2.45) is 0 Å². The van der Waals surface area contributed by atoms with Crippen LogP contribution >= 0.6 is 0 Å². The Morgan fingerprint density at radius 1 is 1.00 bits per heavy atom. The zero-order chi connectivity index (χ0) is 16.3. The Bertz CT molecular complexity index is 370. The standard InChI is InChI=1S/C13H27.C5H7N2O.Sn/c1-4-7-10-13(11-8-5-2)12-9-6-3;1-2-8-7-5-3-4-6-7;/h4-12H2,1-3H3;3-4H,2H2,1H3;. The van der Waals surface area contributed by atoms with Gasteiger partial charge in [-0.2, -0.15) is 0 Å². The Morgan fingerprint density at radius 3 is 2.00 bits per heavy atom. The molecule has 2 radical (unpaired) electrons. The van der Waals surface area contributed by atoms with E-state index in [0.717, 1.165) is 0 Å². The molecule has 1 aromatic heterocycles. The zero-order valence-electron chi connectivity index (χ0n) is 15.0. The number of unbranched alkanes of at least 4 members (excludes halogenated alkanes) is 3. The van der Waals surface area contributed by atoms with Crippen LogP contribution in [0.25, 0.3) is 0 Å². The molecule has 1 rings (SSSR count). The summed E-state index contributed by atoms with van der Waals surface area (Å²) in [7, 11) is 0. The molecule has 0 unspecified atom stereocenters. The number of hydrogen-bond donors (Lipinski definition) is 0. The summed E-state index contributed by atoms with van der Waals surface area (Å²) in [4.78, 5) is 7.51. The van der Waals surface area contributed by atoms with Gasteiger partial charge in [-0.25, -0.2) is 0 Å². The van der Waals surface area contributed by atoms with Gasteiger partial charge in [0.1, 0.15) is 0 Å². The van der Waals surface area contributed by atoms with Crippen molar-refractivity contribution >= 4 is 24.9 Å². The number of hydrogen-bond acceptors (Lipinski definition) is 2. The van der Waals surface area contributed by atoms with E-state index in [-0.39, 0.29) is 0 Å². The van der Waals surface area contributed by atoms with Crippen LogP contribution in [0.15, 0.2) is 12.3 Å². The molecule has 0 spiro atoms. The molecule has 0 saturated heterocycles. The fourth-order valence-corrected chi connectivity index (χ4v) is 8.19. The van der Waals surface area contributed by atoms with Gasteiger partial charge in [0.05, 0.1) is 0 Å². The Balaban J connectivity index is 2.90. The minimum absolute atomic E-state index is 0.597. The molecule has 1 heterocycles. The molecule has 0 fully saturated rings. The first-order valence-electron chi connectivity index (χ1n) is 9.16. The molecule has 0 bridgehead atoms. The van der Waals surface area contributed by atoms with Gasteiger partial charge in [0.2, 0.25) is 0 Å². The van der Waals surface area contributed by atoms with Crippen LogP contribution in [0, 0.1) is 0 Å². The average molecular weight is 413 g/mol. The van der Waals surface area contributed by atoms with E-state index < -0.39 is 21.1 Å². The first kappa shape index (κ1) is 19.9. The van der Waals surface area contributed by atoms with Crippen molar-refractivity contribution in [3.8, 4) is 0 Å². The summed E-state index contributed by atoms with van der Waals surface area (Å²) in [5.41, 5.74) is 0. The van der Waals surface area contributed by atoms with E-state index in [1.165, 1.54) is 61.5 Å². The molecule has 126 valence electrons. The molecule has 3 nitrogen and oxygen atoms in total. The fourth-order valence-electron chi connectivity index (χ4n) is 2.98. The summed E-state index contributed by atoms with van der Waals surface area (Å²) in [5.74, 6) is 0. The number of nitrogens with zero attached hydrogens (tertiary/aromatic N) is 2. The van der Waals surface area contributed by atoms with Crippen molar-refractivity contribution in [1.82, 2.24) is 9.94 Å². The van der Waals surface area contributed by atoms with Crippen LogP contribution in [-0.4, -0.2) is 37.7 Å². The second-order valence-corrected chi connectivity index (χ2v) is 11.4. The van der Waals surface area contributed by atoms with E-state index in [1.807, 2.05) is 18.0 Å². The monoisotopic (exact) mass is 414 g/mol. The molecule has 0 aromatic carbocycles. The molecule has 0 amide bonds. The van der Waals surface area contributed by atoms with Crippen molar-refractivity contribution in [2.75, 3.05) is 6.61 Å². The van der Waals surface area contributed by atoms with Gasteiger partial charge < -0.3 is 0 Å². The normalized spacial score (nSPS) is 11.8. The topological polar surface area (TPSA) is 27.1 Å². The van der Waals surface area contributed by atoms with Crippen LogP contribution in [0.3, 0.4) is 0 Å². The van der Waals surface area contributed by atoms with E-state index in [0.29, 0.717) is 10.0 Å². The molecule has 4 heteroatoms. The maximum absolute atomic E-state index is 5.68. The third-order valence-electron chi connectivity index (χ3n) is 4.28. The Labute approximate surface area is 147 Å². The molecule has 0 aliphatic heterocycles. The molecule has 1 aromatic rings. The van der Waals surface area contributed by atoms with Crippen LogP contribution in [0.2, 0.25) is 3.43 Å². The second kappa shape index (κ2) is 11.4. The first-order chi connectivity index (χ1) is 10.7. The van der Waals surface area contributed by atoms with E-state index in [9.17, 15) is 0 Å². The van der Waals surface area contributed by atoms with Crippen LogP contribution in [0.4, 0.5) is 0 Å². The van der Waals surface area contributed by atoms with Gasteiger partial charge in [-0.15, -0.1) is 0 Å². The summed E-state index contributed by atoms with van der Waals surface area (Å²) in [5, 5.41) is 4.37. The summed E-state index contributed by atoms with van der Waals surface area (Å²) >= 11 is -0.733. The van der Waals surface area contributed by atoms with Crippen molar-refractivity contribution in [2.45, 2.75) is 88.9 Å². The van der Waals surface area contributed by atoms with Crippen molar-refractivity contribution in [1.29, 1.82) is 0 Å². The molecule has 0 saturated carbocycles. The van der Waals surface area contributed by atoms with Crippen molar-refractivity contribution < 1.29 is 4.84 Å². The fraction of sp³-hybridized carbons (Fsp3) is 0.833. The second-order valence-electron chi connectivity index (χ2n) is 6.22. The SMILES string of the molecule is CCCC[C](CCCC)(CCCC)[Sn][c]1ccnn1OCC. The average Bonchev–Trinajstić information content (AvgIpc) is 2.96. The van der Waals surface area contributed by atoms with Gasteiger partial charge in [0.15, 0.2) is 0 Å². The summed E-state index contributed by atoms with van der Waals surface area (Å²) in [6.07, 6.45) is 14.2.